The van der Waals surface area contributed by atoms with E-state index in [1.165, 1.54) is 12.8 Å². The number of halogens is 1. The van der Waals surface area contributed by atoms with Gasteiger partial charge < -0.3 is 9.80 Å². The van der Waals surface area contributed by atoms with E-state index in [1.807, 2.05) is 24.3 Å². The van der Waals surface area contributed by atoms with Crippen molar-refractivity contribution in [2.24, 2.45) is 5.92 Å². The van der Waals surface area contributed by atoms with Crippen LogP contribution < -0.4 is 9.80 Å². The first-order valence-electron chi connectivity index (χ1n) is 7.00. The summed E-state index contributed by atoms with van der Waals surface area (Å²) >= 11 is 5.54. The molecule has 20 heavy (non-hydrogen) atoms. The van der Waals surface area contributed by atoms with E-state index in [-0.39, 0.29) is 18.2 Å². The molecule has 0 radical (unpaired) electrons. The highest BCUT2D eigenvalue weighted by Gasteiger charge is 2.35. The lowest BCUT2D eigenvalue weighted by molar-refractivity contribution is -0.120. The summed E-state index contributed by atoms with van der Waals surface area (Å²) in [5.74, 6) is -0.397. The lowest BCUT2D eigenvalue weighted by Crippen LogP contribution is -2.28. The molecule has 0 N–H and O–H groups in total. The van der Waals surface area contributed by atoms with Crippen LogP contribution in [0.15, 0.2) is 24.3 Å². The van der Waals surface area contributed by atoms with Crippen LogP contribution >= 0.6 is 11.6 Å². The van der Waals surface area contributed by atoms with Crippen LogP contribution in [0.5, 0.6) is 0 Å². The first kappa shape index (κ1) is 13.4. The number of hydrogen-bond donors (Lipinski definition) is 0. The summed E-state index contributed by atoms with van der Waals surface area (Å²) in [6.45, 7) is 2.44. The van der Waals surface area contributed by atoms with Crippen LogP contribution in [0.4, 0.5) is 11.4 Å². The minimum absolute atomic E-state index is 0.0179. The van der Waals surface area contributed by atoms with Crippen molar-refractivity contribution >= 4 is 34.1 Å². The fourth-order valence-corrected chi connectivity index (χ4v) is 3.16. The second kappa shape index (κ2) is 5.44. The van der Waals surface area contributed by atoms with Crippen LogP contribution in [0.2, 0.25) is 0 Å². The highest BCUT2D eigenvalue weighted by atomic mass is 35.5. The summed E-state index contributed by atoms with van der Waals surface area (Å²) in [5.41, 5.74) is 1.99. The number of nitrogens with zero attached hydrogens (tertiary/aromatic N) is 2. The molecule has 2 heterocycles. The Morgan fingerprint density at radius 3 is 2.40 bits per heavy atom. The fourth-order valence-electron chi connectivity index (χ4n) is 3.01. The van der Waals surface area contributed by atoms with E-state index >= 15 is 0 Å². The van der Waals surface area contributed by atoms with Gasteiger partial charge >= 0.3 is 0 Å². The predicted molar refractivity (Wildman–Crippen MR) is 79.2 cm³/mol. The number of amides is 1. The van der Waals surface area contributed by atoms with E-state index in [4.69, 9.17) is 11.6 Å². The molecule has 0 aliphatic carbocycles. The van der Waals surface area contributed by atoms with Gasteiger partial charge in [0.2, 0.25) is 11.1 Å². The molecule has 1 atom stereocenters. The van der Waals surface area contributed by atoms with E-state index in [1.54, 1.807) is 4.90 Å². The topological polar surface area (TPSA) is 40.6 Å². The molecule has 0 saturated carbocycles. The maximum absolute atomic E-state index is 12.2. The van der Waals surface area contributed by atoms with Crippen molar-refractivity contribution in [1.29, 1.82) is 0 Å². The first-order chi connectivity index (χ1) is 9.66. The third kappa shape index (κ3) is 2.40. The minimum Gasteiger partial charge on any atom is -0.370 e. The quantitative estimate of drug-likeness (QED) is 0.803. The zero-order valence-electron chi connectivity index (χ0n) is 11.2. The third-order valence-corrected chi connectivity index (χ3v) is 4.37. The highest BCUT2D eigenvalue weighted by Crippen LogP contribution is 2.35. The molecule has 1 unspecified atom stereocenters. The van der Waals surface area contributed by atoms with Gasteiger partial charge in [0.1, 0.15) is 0 Å². The molecule has 1 aromatic rings. The molecule has 0 aromatic heterocycles. The Morgan fingerprint density at radius 1 is 1.15 bits per heavy atom. The lowest BCUT2D eigenvalue weighted by atomic mass is 10.1. The predicted octanol–water partition coefficient (Wildman–Crippen LogP) is 2.41. The monoisotopic (exact) mass is 292 g/mol. The normalized spacial score (nSPS) is 22.6. The van der Waals surface area contributed by atoms with Gasteiger partial charge in [0.05, 0.1) is 17.3 Å². The van der Waals surface area contributed by atoms with Crippen molar-refractivity contribution in [3.05, 3.63) is 24.3 Å². The van der Waals surface area contributed by atoms with E-state index in [0.29, 0.717) is 6.54 Å². The largest absolute Gasteiger partial charge is 0.370 e. The molecule has 5 heteroatoms. The molecule has 1 aromatic carbocycles. The van der Waals surface area contributed by atoms with Crippen LogP contribution in [-0.2, 0) is 9.59 Å². The number of rotatable bonds is 3. The molecule has 2 aliphatic heterocycles. The Kier molecular flexibility index (Phi) is 3.66. The average Bonchev–Trinajstić information content (AvgIpc) is 3.08. The van der Waals surface area contributed by atoms with Gasteiger partial charge in [-0.05, 0) is 36.6 Å². The highest BCUT2D eigenvalue weighted by molar-refractivity contribution is 6.64. The van der Waals surface area contributed by atoms with E-state index in [0.717, 1.165) is 24.5 Å². The number of hydrogen-bond acceptors (Lipinski definition) is 3. The van der Waals surface area contributed by atoms with Crippen LogP contribution in [-0.4, -0.2) is 30.8 Å². The standard InChI is InChI=1S/C15H17ClN2O2/c16-15(20)11-9-14(19)18(10-11)13-6-2-1-5-12(13)17-7-3-4-8-17/h1-2,5-6,11H,3-4,7-10H2. The van der Waals surface area contributed by atoms with Crippen LogP contribution in [0, 0.1) is 5.92 Å². The van der Waals surface area contributed by atoms with E-state index in [2.05, 4.69) is 4.90 Å². The Hall–Kier alpha value is -1.55. The van der Waals surface area contributed by atoms with Crippen molar-refractivity contribution in [1.82, 2.24) is 0 Å². The van der Waals surface area contributed by atoms with Crippen molar-refractivity contribution in [3.8, 4) is 0 Å². The summed E-state index contributed by atoms with van der Waals surface area (Å²) in [6, 6.07) is 7.91. The molecule has 1 amide bonds. The molecule has 2 fully saturated rings. The Bertz CT molecular complexity index is 540. The van der Waals surface area contributed by atoms with Gasteiger partial charge in [-0.1, -0.05) is 12.1 Å². The second-order valence-corrected chi connectivity index (χ2v) is 5.76. The number of para-hydroxylation sites is 2. The van der Waals surface area contributed by atoms with Crippen LogP contribution in [0.25, 0.3) is 0 Å². The number of carbonyl (C=O) groups excluding carboxylic acids is 2. The SMILES string of the molecule is O=C(Cl)C1CC(=O)N(c2ccccc2N2CCCC2)C1. The van der Waals surface area contributed by atoms with Gasteiger partial charge in [-0.25, -0.2) is 0 Å². The summed E-state index contributed by atoms with van der Waals surface area (Å²) in [6.07, 6.45) is 2.59. The smallest absolute Gasteiger partial charge is 0.227 e. The van der Waals surface area contributed by atoms with Crippen molar-refractivity contribution in [3.63, 3.8) is 0 Å². The molecule has 0 bridgehead atoms. The molecule has 0 spiro atoms. The van der Waals surface area contributed by atoms with Gasteiger partial charge in [-0.15, -0.1) is 0 Å². The molecular formula is C15H17ClN2O2. The summed E-state index contributed by atoms with van der Waals surface area (Å²) in [5, 5.41) is -0.417. The second-order valence-electron chi connectivity index (χ2n) is 5.39. The van der Waals surface area contributed by atoms with Gasteiger partial charge in [0, 0.05) is 26.1 Å². The fraction of sp³-hybridized carbons (Fsp3) is 0.467. The van der Waals surface area contributed by atoms with Crippen LogP contribution in [0.3, 0.4) is 0 Å². The molecule has 3 rings (SSSR count). The van der Waals surface area contributed by atoms with Gasteiger partial charge in [-0.2, -0.15) is 0 Å². The van der Waals surface area contributed by atoms with Crippen molar-refractivity contribution < 1.29 is 9.59 Å². The summed E-state index contributed by atoms with van der Waals surface area (Å²) < 4.78 is 0. The van der Waals surface area contributed by atoms with Gasteiger partial charge in [0.15, 0.2) is 0 Å². The molecular weight excluding hydrogens is 276 g/mol. The minimum atomic E-state index is -0.417. The number of benzene rings is 1. The number of anilines is 2. The van der Waals surface area contributed by atoms with Crippen molar-refractivity contribution in [2.45, 2.75) is 19.3 Å². The van der Waals surface area contributed by atoms with Gasteiger partial charge in [0.25, 0.3) is 0 Å². The third-order valence-electron chi connectivity index (χ3n) is 4.07. The zero-order valence-corrected chi connectivity index (χ0v) is 12.0. The maximum atomic E-state index is 12.2. The van der Waals surface area contributed by atoms with E-state index in [9.17, 15) is 9.59 Å². The van der Waals surface area contributed by atoms with E-state index < -0.39 is 5.24 Å². The summed E-state index contributed by atoms with van der Waals surface area (Å²) in [4.78, 5) is 27.4. The average molecular weight is 293 g/mol. The number of carbonyl (C=O) groups is 2. The Labute approximate surface area is 123 Å². The molecule has 2 saturated heterocycles. The lowest BCUT2D eigenvalue weighted by Gasteiger charge is -2.26. The Morgan fingerprint density at radius 2 is 1.80 bits per heavy atom. The van der Waals surface area contributed by atoms with Gasteiger partial charge in [-0.3, -0.25) is 9.59 Å². The molecule has 106 valence electrons. The van der Waals surface area contributed by atoms with Crippen LogP contribution in [0.1, 0.15) is 19.3 Å². The Balaban J connectivity index is 1.90. The summed E-state index contributed by atoms with van der Waals surface area (Å²) in [7, 11) is 0. The molecule has 4 nitrogen and oxygen atoms in total. The molecule has 2 aliphatic rings. The first-order valence-corrected chi connectivity index (χ1v) is 7.38. The maximum Gasteiger partial charge on any atom is 0.227 e. The van der Waals surface area contributed by atoms with Crippen molar-refractivity contribution in [2.75, 3.05) is 29.4 Å². The zero-order chi connectivity index (χ0) is 14.1.